The summed E-state index contributed by atoms with van der Waals surface area (Å²) in [5, 5.41) is 14.0. The maximum Gasteiger partial charge on any atom is 0.472 e. The van der Waals surface area contributed by atoms with Crippen molar-refractivity contribution in [2.24, 2.45) is 0 Å². The minimum absolute atomic E-state index is 0.0751. The first-order valence-corrected chi connectivity index (χ1v) is 27.0. The van der Waals surface area contributed by atoms with E-state index >= 15 is 0 Å². The van der Waals surface area contributed by atoms with Crippen LogP contribution >= 0.6 is 7.82 Å². The number of likely N-dealkylation sites (N-methyl/N-ethyl adjacent to an activating group) is 1. The van der Waals surface area contributed by atoms with E-state index in [1.165, 1.54) is 173 Å². The van der Waals surface area contributed by atoms with Gasteiger partial charge in [-0.05, 0) is 38.5 Å². The zero-order valence-corrected chi connectivity index (χ0v) is 40.9. The summed E-state index contributed by atoms with van der Waals surface area (Å²) in [7, 11) is 1.62. The summed E-state index contributed by atoms with van der Waals surface area (Å²) in [6.07, 6.45) is 49.7. The van der Waals surface area contributed by atoms with Crippen LogP contribution in [0.15, 0.2) is 12.2 Å². The van der Waals surface area contributed by atoms with Crippen molar-refractivity contribution in [2.45, 2.75) is 264 Å². The van der Waals surface area contributed by atoms with Crippen molar-refractivity contribution >= 4 is 13.7 Å². The van der Waals surface area contributed by atoms with Gasteiger partial charge in [0.15, 0.2) is 0 Å². The molecular weight excluding hydrogens is 756 g/mol. The summed E-state index contributed by atoms with van der Waals surface area (Å²) >= 11 is 0. The quantitative estimate of drug-likeness (QED) is 0.0244. The lowest BCUT2D eigenvalue weighted by Crippen LogP contribution is -2.46. The highest BCUT2D eigenvalue weighted by Crippen LogP contribution is 2.43. The van der Waals surface area contributed by atoms with E-state index < -0.39 is 20.0 Å². The molecule has 0 aliphatic rings. The maximum atomic E-state index is 12.9. The van der Waals surface area contributed by atoms with Crippen molar-refractivity contribution in [3.8, 4) is 0 Å². The third-order valence-electron chi connectivity index (χ3n) is 11.8. The van der Waals surface area contributed by atoms with Gasteiger partial charge in [0.2, 0.25) is 5.91 Å². The van der Waals surface area contributed by atoms with E-state index in [4.69, 9.17) is 9.05 Å². The molecule has 1 amide bonds. The molecule has 3 N–H and O–H groups in total. The molecule has 0 spiro atoms. The number of phosphoric ester groups is 1. The van der Waals surface area contributed by atoms with Gasteiger partial charge in [0, 0.05) is 6.42 Å². The molecule has 59 heavy (non-hydrogen) atoms. The van der Waals surface area contributed by atoms with Crippen molar-refractivity contribution in [3.05, 3.63) is 12.2 Å². The van der Waals surface area contributed by atoms with Crippen LogP contribution in [0.2, 0.25) is 0 Å². The smallest absolute Gasteiger partial charge is 0.391 e. The Bertz CT molecular complexity index is 974. The first-order valence-electron chi connectivity index (χ1n) is 25.6. The average Bonchev–Trinajstić information content (AvgIpc) is 3.19. The van der Waals surface area contributed by atoms with E-state index in [0.29, 0.717) is 23.9 Å². The molecule has 0 aromatic carbocycles. The van der Waals surface area contributed by atoms with Crippen LogP contribution in [-0.4, -0.2) is 73.4 Å². The minimum atomic E-state index is -4.31. The van der Waals surface area contributed by atoms with Crippen molar-refractivity contribution in [2.75, 3.05) is 40.9 Å². The van der Waals surface area contributed by atoms with Crippen LogP contribution in [0.3, 0.4) is 0 Å². The fourth-order valence-electron chi connectivity index (χ4n) is 7.69. The lowest BCUT2D eigenvalue weighted by molar-refractivity contribution is -0.870. The van der Waals surface area contributed by atoms with Crippen molar-refractivity contribution in [3.63, 3.8) is 0 Å². The number of nitrogens with one attached hydrogen (secondary N) is 1. The number of amides is 1. The molecule has 0 aliphatic heterocycles. The molecule has 0 heterocycles. The standard InChI is InChI=1S/C50H101N2O6P/c1-6-8-10-12-14-16-18-20-21-22-23-24-25-26-27-28-29-30-31-32-33-35-37-39-41-43-49(53)48(47-58-59(55,56)57-46-45-52(3,4)5)51-50(54)44-42-40-38-36-34-19-17-15-13-11-9-7-2/h15,17,48-49,53H,6-14,16,18-47H2,1-5H3,(H-,51,54,55,56)/p+1/b17-15-. The maximum absolute atomic E-state index is 12.9. The van der Waals surface area contributed by atoms with Crippen LogP contribution in [0.1, 0.15) is 251 Å². The Hall–Kier alpha value is -0.760. The Kier molecular flexibility index (Phi) is 42.0. The third-order valence-corrected chi connectivity index (χ3v) is 12.7. The van der Waals surface area contributed by atoms with Gasteiger partial charge in [0.25, 0.3) is 0 Å². The molecule has 352 valence electrons. The number of nitrogens with zero attached hydrogens (tertiary/aromatic N) is 1. The summed E-state index contributed by atoms with van der Waals surface area (Å²) in [5.41, 5.74) is 0. The number of hydrogen-bond acceptors (Lipinski definition) is 5. The highest BCUT2D eigenvalue weighted by Gasteiger charge is 2.28. The molecule has 0 aromatic heterocycles. The van der Waals surface area contributed by atoms with Crippen LogP contribution in [0.4, 0.5) is 0 Å². The molecule has 0 saturated heterocycles. The number of aliphatic hydroxyl groups is 1. The van der Waals surface area contributed by atoms with Gasteiger partial charge < -0.3 is 19.8 Å². The number of unbranched alkanes of at least 4 members (excludes halogenated alkanes) is 32. The van der Waals surface area contributed by atoms with E-state index in [0.717, 1.165) is 51.4 Å². The number of carbonyl (C=O) groups is 1. The first-order chi connectivity index (χ1) is 28.5. The summed E-state index contributed by atoms with van der Waals surface area (Å²) in [5.74, 6) is -0.152. The molecular formula is C50H102N2O6P+. The second-order valence-electron chi connectivity index (χ2n) is 18.9. The lowest BCUT2D eigenvalue weighted by atomic mass is 10.0. The topological polar surface area (TPSA) is 105 Å². The number of hydrogen-bond donors (Lipinski definition) is 3. The molecule has 0 aliphatic carbocycles. The highest BCUT2D eigenvalue weighted by molar-refractivity contribution is 7.47. The van der Waals surface area contributed by atoms with Gasteiger partial charge in [-0.1, -0.05) is 219 Å². The van der Waals surface area contributed by atoms with Gasteiger partial charge >= 0.3 is 7.82 Å². The number of carbonyl (C=O) groups excluding carboxylic acids is 1. The first kappa shape index (κ1) is 58.2. The zero-order valence-electron chi connectivity index (χ0n) is 40.0. The van der Waals surface area contributed by atoms with Gasteiger partial charge in [-0.25, -0.2) is 4.57 Å². The highest BCUT2D eigenvalue weighted by atomic mass is 31.2. The molecule has 0 radical (unpaired) electrons. The molecule has 9 heteroatoms. The number of quaternary nitrogens is 1. The molecule has 0 fully saturated rings. The Labute approximate surface area is 367 Å². The van der Waals surface area contributed by atoms with E-state index in [2.05, 4.69) is 31.3 Å². The van der Waals surface area contributed by atoms with Crippen molar-refractivity contribution in [1.29, 1.82) is 0 Å². The summed E-state index contributed by atoms with van der Waals surface area (Å²) < 4.78 is 23.7. The Morgan fingerprint density at radius 1 is 0.559 bits per heavy atom. The molecule has 0 bridgehead atoms. The predicted molar refractivity (Wildman–Crippen MR) is 254 cm³/mol. The third kappa shape index (κ3) is 45.1. The van der Waals surface area contributed by atoms with Crippen molar-refractivity contribution < 1.29 is 32.9 Å². The van der Waals surface area contributed by atoms with Gasteiger partial charge in [0.05, 0.1) is 39.9 Å². The van der Waals surface area contributed by atoms with Crippen LogP contribution in [-0.2, 0) is 18.4 Å². The van der Waals surface area contributed by atoms with Crippen molar-refractivity contribution in [1.82, 2.24) is 5.32 Å². The molecule has 3 unspecified atom stereocenters. The van der Waals surface area contributed by atoms with E-state index in [1.807, 2.05) is 21.1 Å². The van der Waals surface area contributed by atoms with Gasteiger partial charge in [0.1, 0.15) is 13.2 Å². The van der Waals surface area contributed by atoms with Gasteiger partial charge in [-0.2, -0.15) is 0 Å². The van der Waals surface area contributed by atoms with Crippen LogP contribution in [0.25, 0.3) is 0 Å². The zero-order chi connectivity index (χ0) is 43.6. The van der Waals surface area contributed by atoms with Gasteiger partial charge in [-0.3, -0.25) is 13.8 Å². The molecule has 0 aromatic rings. The second kappa shape index (κ2) is 42.5. The fraction of sp³-hybridized carbons (Fsp3) is 0.940. The molecule has 8 nitrogen and oxygen atoms in total. The Morgan fingerprint density at radius 2 is 0.915 bits per heavy atom. The Balaban J connectivity index is 4.13. The summed E-state index contributed by atoms with van der Waals surface area (Å²) in [6, 6.07) is -0.761. The van der Waals surface area contributed by atoms with E-state index in [-0.39, 0.29) is 19.1 Å². The average molecular weight is 858 g/mol. The van der Waals surface area contributed by atoms with E-state index in [9.17, 15) is 19.4 Å². The SMILES string of the molecule is CCCCC/C=C\CCCCCCCC(=O)NC(COP(=O)(O)OCC[N+](C)(C)C)C(O)CCCCCCCCCCCCCCCCCCCCCCCCCCC. The van der Waals surface area contributed by atoms with E-state index in [1.54, 1.807) is 0 Å². The minimum Gasteiger partial charge on any atom is -0.391 e. The number of rotatable bonds is 47. The summed E-state index contributed by atoms with van der Waals surface area (Å²) in [6.45, 7) is 4.88. The van der Waals surface area contributed by atoms with Gasteiger partial charge in [-0.15, -0.1) is 0 Å². The second-order valence-corrected chi connectivity index (χ2v) is 20.4. The van der Waals surface area contributed by atoms with Crippen LogP contribution < -0.4 is 5.32 Å². The number of phosphoric acid groups is 1. The monoisotopic (exact) mass is 858 g/mol. The van der Waals surface area contributed by atoms with Crippen LogP contribution in [0.5, 0.6) is 0 Å². The molecule has 3 atom stereocenters. The fourth-order valence-corrected chi connectivity index (χ4v) is 8.43. The lowest BCUT2D eigenvalue weighted by Gasteiger charge is -2.26. The number of allylic oxidation sites excluding steroid dienone is 2. The van der Waals surface area contributed by atoms with Crippen LogP contribution in [0, 0.1) is 0 Å². The molecule has 0 rings (SSSR count). The largest absolute Gasteiger partial charge is 0.472 e. The normalized spacial score (nSPS) is 14.2. The summed E-state index contributed by atoms with van der Waals surface area (Å²) in [4.78, 5) is 23.2. The Morgan fingerprint density at radius 3 is 1.34 bits per heavy atom. The number of aliphatic hydroxyl groups excluding tert-OH is 1. The molecule has 0 saturated carbocycles. The predicted octanol–water partition coefficient (Wildman–Crippen LogP) is 14.7.